The van der Waals surface area contributed by atoms with E-state index in [0.29, 0.717) is 6.04 Å². The smallest absolute Gasteiger partial charge is 0.240 e. The first-order valence-electron chi connectivity index (χ1n) is 10.9. The number of aryl methyl sites for hydroxylation is 1. The van der Waals surface area contributed by atoms with E-state index in [9.17, 15) is 0 Å². The first kappa shape index (κ1) is 18.4. The van der Waals surface area contributed by atoms with Crippen molar-refractivity contribution in [1.82, 2.24) is 9.88 Å². The van der Waals surface area contributed by atoms with Gasteiger partial charge in [-0.05, 0) is 37.0 Å². The average molecular weight is 388 g/mol. The number of likely N-dealkylation sites (tertiary alicyclic amines) is 1. The van der Waals surface area contributed by atoms with Crippen LogP contribution in [0.3, 0.4) is 0 Å². The number of rotatable bonds is 4. The zero-order valence-corrected chi connectivity index (χ0v) is 17.7. The van der Waals surface area contributed by atoms with E-state index in [0.717, 1.165) is 5.92 Å². The van der Waals surface area contributed by atoms with Crippen molar-refractivity contribution in [3.05, 3.63) is 48.5 Å². The molecule has 2 aromatic heterocycles. The molecule has 0 bridgehead atoms. The summed E-state index contributed by atoms with van der Waals surface area (Å²) in [5.41, 5.74) is 6.22. The van der Waals surface area contributed by atoms with Crippen LogP contribution in [0.5, 0.6) is 0 Å². The van der Waals surface area contributed by atoms with Crippen LogP contribution in [0.4, 0.5) is 5.69 Å². The molecular formula is C25H31N4+. The monoisotopic (exact) mass is 387 g/mol. The second-order valence-corrected chi connectivity index (χ2v) is 8.96. The molecule has 1 saturated heterocycles. The van der Waals surface area contributed by atoms with Crippen molar-refractivity contribution in [2.24, 2.45) is 13.0 Å². The molecule has 0 amide bonds. The maximum Gasteiger partial charge on any atom is 0.240 e. The third-order valence-corrected chi connectivity index (χ3v) is 6.36. The van der Waals surface area contributed by atoms with Crippen LogP contribution in [0.2, 0.25) is 0 Å². The van der Waals surface area contributed by atoms with Gasteiger partial charge in [0.2, 0.25) is 11.0 Å². The number of nitrogens with one attached hydrogen (secondary N) is 2. The van der Waals surface area contributed by atoms with Gasteiger partial charge in [0, 0.05) is 31.7 Å². The zero-order valence-electron chi connectivity index (χ0n) is 17.7. The highest BCUT2D eigenvalue weighted by Gasteiger charge is 2.25. The van der Waals surface area contributed by atoms with Crippen molar-refractivity contribution in [3.8, 4) is 0 Å². The Hall–Kier alpha value is -2.59. The first-order valence-corrected chi connectivity index (χ1v) is 10.9. The summed E-state index contributed by atoms with van der Waals surface area (Å²) in [7, 11) is 2.18. The lowest BCUT2D eigenvalue weighted by atomic mass is 10.0. The molecule has 4 nitrogen and oxygen atoms in total. The third kappa shape index (κ3) is 3.25. The average Bonchev–Trinajstić information content (AvgIpc) is 3.12. The molecule has 4 heteroatoms. The summed E-state index contributed by atoms with van der Waals surface area (Å²) in [5, 5.41) is 6.53. The van der Waals surface area contributed by atoms with Crippen LogP contribution in [-0.2, 0) is 7.05 Å². The molecule has 0 unspecified atom stereocenters. The fourth-order valence-corrected chi connectivity index (χ4v) is 5.02. The fourth-order valence-electron chi connectivity index (χ4n) is 5.02. The molecule has 5 rings (SSSR count). The van der Waals surface area contributed by atoms with Gasteiger partial charge >= 0.3 is 0 Å². The Morgan fingerprint density at radius 3 is 2.48 bits per heavy atom. The van der Waals surface area contributed by atoms with E-state index in [1.54, 1.807) is 0 Å². The van der Waals surface area contributed by atoms with E-state index in [4.69, 9.17) is 0 Å². The molecule has 3 heterocycles. The summed E-state index contributed by atoms with van der Waals surface area (Å²) in [4.78, 5) is 6.33. The fraction of sp³-hybridized carbons (Fsp3) is 0.400. The lowest BCUT2D eigenvalue weighted by molar-refractivity contribution is -0.616. The summed E-state index contributed by atoms with van der Waals surface area (Å²) in [6, 6.07) is 17.9. The standard InChI is InChI=1S/C25H30N4/c1-17(2)16-29-14-12-18(13-15-29)26-23-20-9-5-7-11-22(20)28(3)25-19-8-4-6-10-21(19)27-24(23)25/h4-11,17-18H,12-16H2,1-3H3,(H,26,27)/p+1. The van der Waals surface area contributed by atoms with Crippen molar-refractivity contribution in [2.75, 3.05) is 25.0 Å². The van der Waals surface area contributed by atoms with E-state index in [1.165, 1.54) is 71.0 Å². The predicted molar refractivity (Wildman–Crippen MR) is 122 cm³/mol. The molecule has 29 heavy (non-hydrogen) atoms. The summed E-state index contributed by atoms with van der Waals surface area (Å²) >= 11 is 0. The molecule has 0 aliphatic carbocycles. The second-order valence-electron chi connectivity index (χ2n) is 8.96. The molecular weight excluding hydrogens is 356 g/mol. The Morgan fingerprint density at radius 1 is 1.03 bits per heavy atom. The van der Waals surface area contributed by atoms with E-state index in [-0.39, 0.29) is 0 Å². The maximum absolute atomic E-state index is 3.96. The number of fused-ring (bicyclic) bond motifs is 4. The summed E-state index contributed by atoms with van der Waals surface area (Å²) in [5.74, 6) is 0.739. The number of hydrogen-bond acceptors (Lipinski definition) is 2. The molecule has 0 spiro atoms. The van der Waals surface area contributed by atoms with Gasteiger partial charge in [0.25, 0.3) is 0 Å². The SMILES string of the molecule is CC(C)CN1CCC(Nc2c3ccccc3[n+](C)c3c2[nH]c2ccccc23)CC1. The van der Waals surface area contributed by atoms with Crippen molar-refractivity contribution in [3.63, 3.8) is 0 Å². The van der Waals surface area contributed by atoms with Gasteiger partial charge in [-0.3, -0.25) is 0 Å². The summed E-state index contributed by atoms with van der Waals surface area (Å²) in [6.07, 6.45) is 2.40. The van der Waals surface area contributed by atoms with Crippen LogP contribution < -0.4 is 9.88 Å². The van der Waals surface area contributed by atoms with Crippen LogP contribution in [-0.4, -0.2) is 35.6 Å². The van der Waals surface area contributed by atoms with Crippen LogP contribution in [0.15, 0.2) is 48.5 Å². The van der Waals surface area contributed by atoms with E-state index >= 15 is 0 Å². The highest BCUT2D eigenvalue weighted by molar-refractivity contribution is 6.13. The van der Waals surface area contributed by atoms with Gasteiger partial charge < -0.3 is 15.2 Å². The van der Waals surface area contributed by atoms with Crippen molar-refractivity contribution >= 4 is 38.5 Å². The van der Waals surface area contributed by atoms with Crippen molar-refractivity contribution in [1.29, 1.82) is 0 Å². The minimum Gasteiger partial charge on any atom is -0.380 e. The Labute approximate surface area is 172 Å². The molecule has 0 atom stereocenters. The molecule has 1 fully saturated rings. The number of aromatic amines is 1. The zero-order chi connectivity index (χ0) is 20.0. The Kier molecular flexibility index (Phi) is 4.67. The molecule has 150 valence electrons. The number of nitrogens with zero attached hydrogens (tertiary/aromatic N) is 2. The normalized spacial score (nSPS) is 16.4. The third-order valence-electron chi connectivity index (χ3n) is 6.36. The number of anilines is 1. The summed E-state index contributed by atoms with van der Waals surface area (Å²) in [6.45, 7) is 8.21. The van der Waals surface area contributed by atoms with Crippen molar-refractivity contribution < 1.29 is 4.57 Å². The van der Waals surface area contributed by atoms with Crippen LogP contribution in [0, 0.1) is 5.92 Å². The molecule has 1 aliphatic heterocycles. The van der Waals surface area contributed by atoms with Crippen molar-refractivity contribution in [2.45, 2.75) is 32.7 Å². The first-order chi connectivity index (χ1) is 14.1. The topological polar surface area (TPSA) is 34.9 Å². The highest BCUT2D eigenvalue weighted by atomic mass is 15.1. The number of para-hydroxylation sites is 2. The number of H-pyrrole nitrogens is 1. The maximum atomic E-state index is 3.96. The summed E-state index contributed by atoms with van der Waals surface area (Å²) < 4.78 is 2.33. The van der Waals surface area contributed by atoms with Gasteiger partial charge in [0.05, 0.1) is 22.0 Å². The lowest BCUT2D eigenvalue weighted by Gasteiger charge is -2.33. The Morgan fingerprint density at radius 2 is 1.72 bits per heavy atom. The molecule has 2 N–H and O–H groups in total. The van der Waals surface area contributed by atoms with Gasteiger partial charge in [-0.2, -0.15) is 4.57 Å². The minimum absolute atomic E-state index is 0.518. The molecule has 1 aliphatic rings. The number of pyridine rings is 1. The van der Waals surface area contributed by atoms with E-state index in [2.05, 4.69) is 89.2 Å². The molecule has 0 radical (unpaired) electrons. The van der Waals surface area contributed by atoms with Gasteiger partial charge in [0.1, 0.15) is 12.6 Å². The van der Waals surface area contributed by atoms with Crippen LogP contribution in [0.1, 0.15) is 26.7 Å². The van der Waals surface area contributed by atoms with Gasteiger partial charge in [-0.15, -0.1) is 0 Å². The quantitative estimate of drug-likeness (QED) is 0.492. The second kappa shape index (κ2) is 7.34. The minimum atomic E-state index is 0.518. The van der Waals surface area contributed by atoms with Crippen LogP contribution in [0.25, 0.3) is 32.8 Å². The van der Waals surface area contributed by atoms with E-state index < -0.39 is 0 Å². The molecule has 4 aromatic rings. The number of hydrogen-bond donors (Lipinski definition) is 2. The number of piperidine rings is 1. The predicted octanol–water partition coefficient (Wildman–Crippen LogP) is 4.83. The van der Waals surface area contributed by atoms with Gasteiger partial charge in [0.15, 0.2) is 0 Å². The highest BCUT2D eigenvalue weighted by Crippen LogP contribution is 2.34. The molecule has 2 aromatic carbocycles. The van der Waals surface area contributed by atoms with Crippen LogP contribution >= 0.6 is 0 Å². The Balaban J connectivity index is 1.58. The number of benzene rings is 2. The number of aromatic nitrogens is 2. The van der Waals surface area contributed by atoms with Gasteiger partial charge in [-0.25, -0.2) is 0 Å². The van der Waals surface area contributed by atoms with Gasteiger partial charge in [-0.1, -0.05) is 38.1 Å². The largest absolute Gasteiger partial charge is 0.380 e. The molecule has 0 saturated carbocycles. The lowest BCUT2D eigenvalue weighted by Crippen LogP contribution is -2.41. The van der Waals surface area contributed by atoms with E-state index in [1.807, 2.05) is 0 Å². The Bertz CT molecular complexity index is 1170.